The zero-order chi connectivity index (χ0) is 13.7. The van der Waals surface area contributed by atoms with Crippen LogP contribution in [0.2, 0.25) is 18.1 Å². The number of hydrogen-bond acceptors (Lipinski definition) is 2. The second-order valence-corrected chi connectivity index (χ2v) is 11.4. The molecule has 0 N–H and O–H groups in total. The van der Waals surface area contributed by atoms with Crippen LogP contribution < -0.4 is 0 Å². The van der Waals surface area contributed by atoms with E-state index in [2.05, 4.69) is 33.9 Å². The number of nitrogens with zero attached hydrogens (tertiary/aromatic N) is 1. The molecule has 1 aromatic rings. The van der Waals surface area contributed by atoms with Gasteiger partial charge in [-0.15, -0.1) is 0 Å². The first-order valence-corrected chi connectivity index (χ1v) is 9.10. The summed E-state index contributed by atoms with van der Waals surface area (Å²) in [5.74, 6) is -0.246. The Balaban J connectivity index is 2.53. The SMILES string of the molecule is CC(C)(C)[Si](C)(C)N1C(=O)c2ccccc2C1=O. The Kier molecular flexibility index (Phi) is 2.74. The van der Waals surface area contributed by atoms with Crippen molar-refractivity contribution in [3.8, 4) is 0 Å². The molecule has 1 aromatic carbocycles. The maximum atomic E-state index is 12.4. The second-order valence-electron chi connectivity index (χ2n) is 6.30. The van der Waals surface area contributed by atoms with Gasteiger partial charge in [-0.1, -0.05) is 46.0 Å². The molecule has 2 rings (SSSR count). The molecule has 0 bridgehead atoms. The first-order chi connectivity index (χ1) is 8.18. The lowest BCUT2D eigenvalue weighted by Crippen LogP contribution is -2.57. The lowest BCUT2D eigenvalue weighted by atomic mass is 10.1. The van der Waals surface area contributed by atoms with E-state index >= 15 is 0 Å². The number of imide groups is 1. The molecule has 0 spiro atoms. The number of hydrogen-bond donors (Lipinski definition) is 0. The van der Waals surface area contributed by atoms with E-state index in [9.17, 15) is 9.59 Å². The predicted molar refractivity (Wildman–Crippen MR) is 74.1 cm³/mol. The highest BCUT2D eigenvalue weighted by atomic mass is 28.3. The molecule has 0 fully saturated rings. The van der Waals surface area contributed by atoms with E-state index in [0.29, 0.717) is 11.1 Å². The van der Waals surface area contributed by atoms with Crippen LogP contribution in [0.3, 0.4) is 0 Å². The third-order valence-electron chi connectivity index (χ3n) is 4.19. The summed E-state index contributed by atoms with van der Waals surface area (Å²) in [5.41, 5.74) is 1.10. The van der Waals surface area contributed by atoms with Crippen LogP contribution in [-0.4, -0.2) is 24.6 Å². The Morgan fingerprint density at radius 1 is 0.944 bits per heavy atom. The van der Waals surface area contributed by atoms with E-state index < -0.39 is 8.24 Å². The van der Waals surface area contributed by atoms with Crippen molar-refractivity contribution < 1.29 is 9.59 Å². The summed E-state index contributed by atoms with van der Waals surface area (Å²) in [6.07, 6.45) is 0. The summed E-state index contributed by atoms with van der Waals surface area (Å²) < 4.78 is 1.54. The fourth-order valence-electron chi connectivity index (χ4n) is 2.03. The van der Waals surface area contributed by atoms with Crippen LogP contribution in [0.4, 0.5) is 0 Å². The van der Waals surface area contributed by atoms with Crippen LogP contribution in [0.15, 0.2) is 24.3 Å². The lowest BCUT2D eigenvalue weighted by Gasteiger charge is -2.42. The molecule has 4 heteroatoms. The number of amides is 2. The molecular weight excluding hydrogens is 242 g/mol. The highest BCUT2D eigenvalue weighted by Gasteiger charge is 2.50. The average Bonchev–Trinajstić information content (AvgIpc) is 2.51. The Morgan fingerprint density at radius 2 is 1.33 bits per heavy atom. The first-order valence-electron chi connectivity index (χ1n) is 6.16. The van der Waals surface area contributed by atoms with E-state index in [1.807, 2.05) is 0 Å². The van der Waals surface area contributed by atoms with Crippen LogP contribution in [0.5, 0.6) is 0 Å². The molecule has 0 aliphatic carbocycles. The Hall–Kier alpha value is -1.42. The van der Waals surface area contributed by atoms with Gasteiger partial charge in [0.2, 0.25) is 0 Å². The number of carbonyl (C=O) groups is 2. The van der Waals surface area contributed by atoms with Crippen molar-refractivity contribution in [1.82, 2.24) is 4.57 Å². The third kappa shape index (κ3) is 1.63. The Bertz CT molecular complexity index is 494. The molecule has 0 saturated heterocycles. The number of fused-ring (bicyclic) bond motifs is 1. The molecule has 0 radical (unpaired) electrons. The summed E-state index contributed by atoms with van der Waals surface area (Å²) in [4.78, 5) is 24.9. The third-order valence-corrected chi connectivity index (χ3v) is 9.38. The molecule has 1 heterocycles. The maximum Gasteiger partial charge on any atom is 0.253 e. The zero-order valence-electron chi connectivity index (χ0n) is 11.6. The van der Waals surface area contributed by atoms with Gasteiger partial charge in [0.05, 0.1) is 11.1 Å². The van der Waals surface area contributed by atoms with Crippen molar-refractivity contribution in [2.45, 2.75) is 38.9 Å². The Labute approximate surface area is 109 Å². The molecule has 0 saturated carbocycles. The van der Waals surface area contributed by atoms with Gasteiger partial charge < -0.3 is 4.57 Å². The van der Waals surface area contributed by atoms with Gasteiger partial charge in [0.25, 0.3) is 11.8 Å². The summed E-state index contributed by atoms with van der Waals surface area (Å²) in [7, 11) is -2.16. The van der Waals surface area contributed by atoms with Crippen molar-refractivity contribution in [3.05, 3.63) is 35.4 Å². The van der Waals surface area contributed by atoms with Crippen LogP contribution in [-0.2, 0) is 0 Å². The minimum absolute atomic E-state index is 0.0413. The topological polar surface area (TPSA) is 37.4 Å². The van der Waals surface area contributed by atoms with E-state index in [4.69, 9.17) is 0 Å². The molecule has 0 unspecified atom stereocenters. The van der Waals surface area contributed by atoms with Crippen LogP contribution in [0, 0.1) is 0 Å². The van der Waals surface area contributed by atoms with Gasteiger partial charge in [-0.05, 0) is 17.2 Å². The molecule has 0 atom stereocenters. The predicted octanol–water partition coefficient (Wildman–Crippen LogP) is 3.29. The summed E-state index contributed by atoms with van der Waals surface area (Å²) in [5, 5.41) is -0.0413. The fourth-order valence-corrected chi connectivity index (χ4v) is 3.96. The lowest BCUT2D eigenvalue weighted by molar-refractivity contribution is 0.0746. The van der Waals surface area contributed by atoms with Crippen molar-refractivity contribution in [2.24, 2.45) is 0 Å². The number of carbonyl (C=O) groups excluding carboxylic acids is 2. The fraction of sp³-hybridized carbons (Fsp3) is 0.429. The second kappa shape index (κ2) is 3.78. The largest absolute Gasteiger partial charge is 0.303 e. The minimum Gasteiger partial charge on any atom is -0.303 e. The quantitative estimate of drug-likeness (QED) is 0.574. The number of benzene rings is 1. The van der Waals surface area contributed by atoms with Gasteiger partial charge in [0, 0.05) is 0 Å². The summed E-state index contributed by atoms with van der Waals surface area (Å²) in [6.45, 7) is 10.5. The van der Waals surface area contributed by atoms with Gasteiger partial charge in [-0.25, -0.2) is 0 Å². The highest BCUT2D eigenvalue weighted by Crippen LogP contribution is 2.41. The molecule has 96 valence electrons. The summed E-state index contributed by atoms with van der Waals surface area (Å²) in [6, 6.07) is 7.09. The minimum atomic E-state index is -2.16. The van der Waals surface area contributed by atoms with Crippen molar-refractivity contribution in [3.63, 3.8) is 0 Å². The van der Waals surface area contributed by atoms with E-state index in [0.717, 1.165) is 0 Å². The molecule has 18 heavy (non-hydrogen) atoms. The first kappa shape index (κ1) is 13.0. The van der Waals surface area contributed by atoms with Crippen molar-refractivity contribution in [2.75, 3.05) is 0 Å². The van der Waals surface area contributed by atoms with Gasteiger partial charge in [-0.2, -0.15) is 0 Å². The molecular formula is C14H19NO2Si. The van der Waals surface area contributed by atoms with Gasteiger partial charge in [0.15, 0.2) is 8.24 Å². The van der Waals surface area contributed by atoms with Gasteiger partial charge in [-0.3, -0.25) is 9.59 Å². The number of rotatable bonds is 1. The van der Waals surface area contributed by atoms with Gasteiger partial charge in [0.1, 0.15) is 0 Å². The molecule has 2 amide bonds. The molecule has 3 nitrogen and oxygen atoms in total. The van der Waals surface area contributed by atoms with E-state index in [1.54, 1.807) is 24.3 Å². The molecule has 1 aliphatic heterocycles. The standard InChI is InChI=1S/C14H19NO2Si/c1-14(2,3)18(4,5)15-12(16)10-8-6-7-9-11(10)13(15)17/h6-9H,1-5H3. The zero-order valence-corrected chi connectivity index (χ0v) is 12.6. The maximum absolute atomic E-state index is 12.4. The van der Waals surface area contributed by atoms with Gasteiger partial charge >= 0.3 is 0 Å². The highest BCUT2D eigenvalue weighted by molar-refractivity contribution is 6.82. The van der Waals surface area contributed by atoms with Crippen LogP contribution in [0.25, 0.3) is 0 Å². The average molecular weight is 261 g/mol. The normalized spacial score (nSPS) is 16.2. The van der Waals surface area contributed by atoms with Crippen LogP contribution in [0.1, 0.15) is 41.5 Å². The molecule has 0 aromatic heterocycles. The van der Waals surface area contributed by atoms with Crippen molar-refractivity contribution in [1.29, 1.82) is 0 Å². The monoisotopic (exact) mass is 261 g/mol. The Morgan fingerprint density at radius 3 is 1.67 bits per heavy atom. The van der Waals surface area contributed by atoms with E-state index in [-0.39, 0.29) is 16.9 Å². The smallest absolute Gasteiger partial charge is 0.253 e. The van der Waals surface area contributed by atoms with Crippen molar-refractivity contribution >= 4 is 20.0 Å². The van der Waals surface area contributed by atoms with E-state index in [1.165, 1.54) is 4.57 Å². The van der Waals surface area contributed by atoms with Crippen LogP contribution >= 0.6 is 0 Å². The molecule has 1 aliphatic rings. The summed E-state index contributed by atoms with van der Waals surface area (Å²) >= 11 is 0.